The van der Waals surface area contributed by atoms with Gasteiger partial charge in [0.1, 0.15) is 0 Å². The minimum absolute atomic E-state index is 0.0663. The molecule has 6 nitrogen and oxygen atoms in total. The van der Waals surface area contributed by atoms with Gasteiger partial charge in [0.15, 0.2) is 0 Å². The molecule has 5 rings (SSSR count). The SMILES string of the molecule is O=C(NC1CC1)c1ccccc1NCC(=O)N1N=C(c2cccs2)CC1c1cccs1. The summed E-state index contributed by atoms with van der Waals surface area (Å²) in [5.74, 6) is -0.226. The lowest BCUT2D eigenvalue weighted by Gasteiger charge is -2.21. The van der Waals surface area contributed by atoms with Crippen LogP contribution in [0.25, 0.3) is 0 Å². The summed E-state index contributed by atoms with van der Waals surface area (Å²) in [7, 11) is 0. The molecule has 1 aliphatic heterocycles. The predicted molar refractivity (Wildman–Crippen MR) is 125 cm³/mol. The second-order valence-electron chi connectivity index (χ2n) is 7.64. The van der Waals surface area contributed by atoms with E-state index < -0.39 is 0 Å². The van der Waals surface area contributed by atoms with Crippen molar-refractivity contribution < 1.29 is 9.59 Å². The summed E-state index contributed by atoms with van der Waals surface area (Å²) >= 11 is 3.27. The van der Waals surface area contributed by atoms with Crippen LogP contribution in [0.5, 0.6) is 0 Å². The number of para-hydroxylation sites is 1. The topological polar surface area (TPSA) is 73.8 Å². The third-order valence-electron chi connectivity index (χ3n) is 5.36. The first-order chi connectivity index (χ1) is 15.2. The van der Waals surface area contributed by atoms with E-state index in [-0.39, 0.29) is 30.4 Å². The van der Waals surface area contributed by atoms with E-state index >= 15 is 0 Å². The Morgan fingerprint density at radius 3 is 2.58 bits per heavy atom. The molecule has 8 heteroatoms. The van der Waals surface area contributed by atoms with Crippen LogP contribution in [-0.4, -0.2) is 35.1 Å². The Morgan fingerprint density at radius 2 is 1.84 bits per heavy atom. The minimum Gasteiger partial charge on any atom is -0.375 e. The number of amides is 2. The summed E-state index contributed by atoms with van der Waals surface area (Å²) in [5.41, 5.74) is 2.15. The second-order valence-corrected chi connectivity index (χ2v) is 9.57. The van der Waals surface area contributed by atoms with Gasteiger partial charge in [0.05, 0.1) is 28.7 Å². The fraction of sp³-hybridized carbons (Fsp3) is 0.261. The Balaban J connectivity index is 1.32. The summed E-state index contributed by atoms with van der Waals surface area (Å²) in [6.45, 7) is 0.0663. The lowest BCUT2D eigenvalue weighted by molar-refractivity contribution is -0.131. The predicted octanol–water partition coefficient (Wildman–Crippen LogP) is 4.49. The van der Waals surface area contributed by atoms with E-state index in [1.165, 1.54) is 0 Å². The van der Waals surface area contributed by atoms with Crippen LogP contribution >= 0.6 is 22.7 Å². The van der Waals surface area contributed by atoms with Crippen molar-refractivity contribution in [3.8, 4) is 0 Å². The van der Waals surface area contributed by atoms with Gasteiger partial charge in [0.25, 0.3) is 11.8 Å². The Kier molecular flexibility index (Phi) is 5.57. The van der Waals surface area contributed by atoms with E-state index in [9.17, 15) is 9.59 Å². The molecule has 0 radical (unpaired) electrons. The molecule has 158 valence electrons. The van der Waals surface area contributed by atoms with Crippen molar-refractivity contribution in [3.63, 3.8) is 0 Å². The van der Waals surface area contributed by atoms with Crippen molar-refractivity contribution in [1.82, 2.24) is 10.3 Å². The van der Waals surface area contributed by atoms with Gasteiger partial charge >= 0.3 is 0 Å². The molecule has 0 bridgehead atoms. The van der Waals surface area contributed by atoms with Gasteiger partial charge in [-0.3, -0.25) is 9.59 Å². The van der Waals surface area contributed by atoms with E-state index in [4.69, 9.17) is 0 Å². The molecule has 3 aromatic rings. The number of nitrogens with one attached hydrogen (secondary N) is 2. The highest BCUT2D eigenvalue weighted by atomic mass is 32.1. The molecular weight excluding hydrogens is 428 g/mol. The zero-order valence-electron chi connectivity index (χ0n) is 16.8. The van der Waals surface area contributed by atoms with Crippen molar-refractivity contribution >= 4 is 45.9 Å². The van der Waals surface area contributed by atoms with Crippen molar-refractivity contribution in [2.45, 2.75) is 31.3 Å². The maximum atomic E-state index is 13.2. The highest BCUT2D eigenvalue weighted by Crippen LogP contribution is 2.36. The van der Waals surface area contributed by atoms with Crippen LogP contribution < -0.4 is 10.6 Å². The summed E-state index contributed by atoms with van der Waals surface area (Å²) in [6.07, 6.45) is 2.76. The molecule has 1 saturated carbocycles. The average molecular weight is 451 g/mol. The fourth-order valence-corrected chi connectivity index (χ4v) is 5.15. The number of hydrazone groups is 1. The highest BCUT2D eigenvalue weighted by Gasteiger charge is 2.34. The van der Waals surface area contributed by atoms with E-state index in [1.807, 2.05) is 53.2 Å². The molecule has 1 atom stereocenters. The van der Waals surface area contributed by atoms with Gasteiger partial charge in [-0.25, -0.2) is 5.01 Å². The second kappa shape index (κ2) is 8.64. The minimum atomic E-state index is -0.123. The van der Waals surface area contributed by atoms with Crippen LogP contribution in [-0.2, 0) is 4.79 Å². The maximum absolute atomic E-state index is 13.2. The van der Waals surface area contributed by atoms with Gasteiger partial charge in [-0.2, -0.15) is 5.10 Å². The van der Waals surface area contributed by atoms with Gasteiger partial charge in [0.2, 0.25) is 0 Å². The number of benzene rings is 1. The number of carbonyl (C=O) groups is 2. The van der Waals surface area contributed by atoms with Crippen molar-refractivity contribution in [2.75, 3.05) is 11.9 Å². The third-order valence-corrected chi connectivity index (χ3v) is 7.25. The number of rotatable bonds is 7. The van der Waals surface area contributed by atoms with Crippen molar-refractivity contribution in [1.29, 1.82) is 0 Å². The van der Waals surface area contributed by atoms with Gasteiger partial charge in [-0.05, 0) is 47.9 Å². The van der Waals surface area contributed by atoms with Crippen LogP contribution in [0.2, 0.25) is 0 Å². The van der Waals surface area contributed by atoms with Gasteiger partial charge in [-0.15, -0.1) is 22.7 Å². The molecule has 1 aromatic carbocycles. The molecule has 1 aliphatic carbocycles. The van der Waals surface area contributed by atoms with Crippen LogP contribution in [0, 0.1) is 0 Å². The number of anilines is 1. The average Bonchev–Trinajstić information content (AvgIpc) is 3.25. The Hall–Kier alpha value is -2.97. The Labute approximate surface area is 188 Å². The fourth-order valence-electron chi connectivity index (χ4n) is 3.61. The number of hydrogen-bond donors (Lipinski definition) is 2. The van der Waals surface area contributed by atoms with Crippen LogP contribution in [0.3, 0.4) is 0 Å². The molecule has 0 saturated heterocycles. The van der Waals surface area contributed by atoms with E-state index in [1.54, 1.807) is 33.7 Å². The summed E-state index contributed by atoms with van der Waals surface area (Å²) in [5, 5.41) is 16.5. The lowest BCUT2D eigenvalue weighted by atomic mass is 10.1. The first kappa shape index (κ1) is 20.0. The molecule has 1 unspecified atom stereocenters. The number of carbonyl (C=O) groups excluding carboxylic acids is 2. The van der Waals surface area contributed by atoms with E-state index in [0.29, 0.717) is 17.7 Å². The van der Waals surface area contributed by atoms with Gasteiger partial charge in [-0.1, -0.05) is 24.3 Å². The maximum Gasteiger partial charge on any atom is 0.262 e. The van der Waals surface area contributed by atoms with E-state index in [2.05, 4.69) is 15.7 Å². The normalized spacial score (nSPS) is 18.0. The first-order valence-electron chi connectivity index (χ1n) is 10.3. The molecule has 2 amide bonds. The van der Waals surface area contributed by atoms with E-state index in [0.717, 1.165) is 28.3 Å². The van der Waals surface area contributed by atoms with Crippen LogP contribution in [0.4, 0.5) is 5.69 Å². The molecule has 2 aromatic heterocycles. The third kappa shape index (κ3) is 4.40. The first-order valence-corrected chi connectivity index (χ1v) is 12.1. The number of nitrogens with zero attached hydrogens (tertiary/aromatic N) is 2. The van der Waals surface area contributed by atoms with Crippen LogP contribution in [0.1, 0.15) is 45.4 Å². The molecule has 31 heavy (non-hydrogen) atoms. The lowest BCUT2D eigenvalue weighted by Crippen LogP contribution is -2.32. The van der Waals surface area contributed by atoms with Crippen molar-refractivity contribution in [3.05, 3.63) is 74.6 Å². The number of hydrogen-bond acceptors (Lipinski definition) is 6. The summed E-state index contributed by atoms with van der Waals surface area (Å²) in [4.78, 5) is 27.9. The largest absolute Gasteiger partial charge is 0.375 e. The molecule has 2 aliphatic rings. The highest BCUT2D eigenvalue weighted by molar-refractivity contribution is 7.12. The molecular formula is C23H22N4O2S2. The Morgan fingerprint density at radius 1 is 1.03 bits per heavy atom. The summed E-state index contributed by atoms with van der Waals surface area (Å²) in [6, 6.07) is 15.6. The quantitative estimate of drug-likeness (QED) is 0.557. The smallest absolute Gasteiger partial charge is 0.262 e. The van der Waals surface area contributed by atoms with Crippen LogP contribution in [0.15, 0.2) is 64.4 Å². The van der Waals surface area contributed by atoms with Gasteiger partial charge < -0.3 is 10.6 Å². The number of thiophene rings is 2. The molecule has 1 fully saturated rings. The molecule has 3 heterocycles. The zero-order chi connectivity index (χ0) is 21.2. The standard InChI is InChI=1S/C23H22N4O2S2/c28-22(14-24-17-6-2-1-5-16(17)23(29)25-15-9-10-15)27-19(21-8-4-12-31-21)13-18(26-27)20-7-3-11-30-20/h1-8,11-12,15,19,24H,9-10,13-14H2,(H,25,29). The molecule has 0 spiro atoms. The van der Waals surface area contributed by atoms with Gasteiger partial charge in [0, 0.05) is 23.0 Å². The van der Waals surface area contributed by atoms with Crippen molar-refractivity contribution in [2.24, 2.45) is 5.10 Å². The Bertz CT molecular complexity index is 1100. The monoisotopic (exact) mass is 450 g/mol. The molecule has 2 N–H and O–H groups in total. The zero-order valence-corrected chi connectivity index (χ0v) is 18.4. The summed E-state index contributed by atoms with van der Waals surface area (Å²) < 4.78 is 0.